The minimum absolute atomic E-state index is 0.0164. The summed E-state index contributed by atoms with van der Waals surface area (Å²) >= 11 is 0. The lowest BCUT2D eigenvalue weighted by molar-refractivity contribution is -0.118. The van der Waals surface area contributed by atoms with E-state index in [1.165, 1.54) is 12.8 Å². The van der Waals surface area contributed by atoms with Gasteiger partial charge in [0.1, 0.15) is 6.33 Å². The van der Waals surface area contributed by atoms with Crippen LogP contribution in [0.5, 0.6) is 0 Å². The van der Waals surface area contributed by atoms with Crippen molar-refractivity contribution in [3.63, 3.8) is 0 Å². The van der Waals surface area contributed by atoms with Gasteiger partial charge in [0.05, 0.1) is 17.6 Å². The molecule has 0 spiro atoms. The fraction of sp³-hybridized carbons (Fsp3) is 0.467. The lowest BCUT2D eigenvalue weighted by atomic mass is 9.99. The fourth-order valence-corrected chi connectivity index (χ4v) is 2.64. The molecule has 0 atom stereocenters. The predicted molar refractivity (Wildman–Crippen MR) is 78.9 cm³/mol. The smallest absolute Gasteiger partial charge is 0.253 e. The molecule has 2 aromatic rings. The number of fused-ring (bicyclic) bond motifs is 1. The van der Waals surface area contributed by atoms with Crippen molar-refractivity contribution in [1.29, 1.82) is 0 Å². The Morgan fingerprint density at radius 1 is 1.35 bits per heavy atom. The van der Waals surface area contributed by atoms with Crippen LogP contribution in [0.15, 0.2) is 30.6 Å². The largest absolute Gasteiger partial charge is 0.294 e. The van der Waals surface area contributed by atoms with Crippen LogP contribution in [0.1, 0.15) is 19.8 Å². The van der Waals surface area contributed by atoms with Gasteiger partial charge in [-0.2, -0.15) is 0 Å². The van der Waals surface area contributed by atoms with E-state index in [0.29, 0.717) is 6.54 Å². The Labute approximate surface area is 118 Å². The third-order valence-corrected chi connectivity index (χ3v) is 3.94. The van der Waals surface area contributed by atoms with E-state index in [1.54, 1.807) is 11.0 Å². The van der Waals surface area contributed by atoms with Crippen molar-refractivity contribution in [3.8, 4) is 0 Å². The van der Waals surface area contributed by atoms with E-state index >= 15 is 0 Å². The zero-order valence-corrected chi connectivity index (χ0v) is 11.7. The maximum atomic E-state index is 12.1. The van der Waals surface area contributed by atoms with E-state index in [9.17, 15) is 4.79 Å². The van der Waals surface area contributed by atoms with E-state index in [1.807, 2.05) is 24.3 Å². The molecule has 3 rings (SSSR count). The molecule has 1 fully saturated rings. The first kappa shape index (κ1) is 13.1. The molecule has 1 amide bonds. The van der Waals surface area contributed by atoms with Crippen LogP contribution in [-0.4, -0.2) is 40.1 Å². The van der Waals surface area contributed by atoms with E-state index < -0.39 is 0 Å². The van der Waals surface area contributed by atoms with Gasteiger partial charge in [0.15, 0.2) is 0 Å². The van der Waals surface area contributed by atoms with Gasteiger partial charge in [0.25, 0.3) is 5.91 Å². The van der Waals surface area contributed by atoms with Crippen molar-refractivity contribution in [2.24, 2.45) is 5.92 Å². The number of carbonyl (C=O) groups excluding carboxylic acids is 1. The van der Waals surface area contributed by atoms with Crippen molar-refractivity contribution in [3.05, 3.63) is 30.6 Å². The second-order valence-electron chi connectivity index (χ2n) is 5.60. The summed E-state index contributed by atoms with van der Waals surface area (Å²) in [6.07, 6.45) is 4.02. The number of benzene rings is 1. The number of carbonyl (C=O) groups is 1. The quantitative estimate of drug-likeness (QED) is 0.927. The minimum atomic E-state index is 0.0164. The van der Waals surface area contributed by atoms with Crippen LogP contribution in [-0.2, 0) is 4.79 Å². The highest BCUT2D eigenvalue weighted by molar-refractivity contribution is 5.87. The number of hydrogen-bond donors (Lipinski definition) is 1. The van der Waals surface area contributed by atoms with E-state index in [-0.39, 0.29) is 5.91 Å². The van der Waals surface area contributed by atoms with Crippen molar-refractivity contribution in [1.82, 2.24) is 14.6 Å². The summed E-state index contributed by atoms with van der Waals surface area (Å²) in [5.41, 5.74) is 4.71. The van der Waals surface area contributed by atoms with Crippen LogP contribution in [0.2, 0.25) is 0 Å². The zero-order chi connectivity index (χ0) is 13.9. The number of aromatic nitrogens is 2. The first-order valence-electron chi connectivity index (χ1n) is 7.16. The Bertz CT molecular complexity index is 599. The molecule has 5 heteroatoms. The molecule has 1 N–H and O–H groups in total. The highest BCUT2D eigenvalue weighted by atomic mass is 16.2. The molecule has 1 aliphatic heterocycles. The maximum Gasteiger partial charge on any atom is 0.253 e. The van der Waals surface area contributed by atoms with Gasteiger partial charge in [0, 0.05) is 0 Å². The second-order valence-corrected chi connectivity index (χ2v) is 5.60. The molecule has 0 saturated carbocycles. The molecule has 2 heterocycles. The van der Waals surface area contributed by atoms with Crippen LogP contribution in [0.25, 0.3) is 11.0 Å². The Kier molecular flexibility index (Phi) is 3.69. The van der Waals surface area contributed by atoms with Crippen molar-refractivity contribution < 1.29 is 4.79 Å². The van der Waals surface area contributed by atoms with Gasteiger partial charge in [-0.1, -0.05) is 19.1 Å². The SMILES string of the molecule is CC1CCN(CC(=O)Nn2cnc3ccccc32)CC1. The van der Waals surface area contributed by atoms with Crippen LogP contribution in [0.4, 0.5) is 0 Å². The highest BCUT2D eigenvalue weighted by Gasteiger charge is 2.18. The molecule has 0 bridgehead atoms. The average molecular weight is 272 g/mol. The number of rotatable bonds is 3. The number of nitrogens with zero attached hydrogens (tertiary/aromatic N) is 3. The number of imidazole rings is 1. The maximum absolute atomic E-state index is 12.1. The summed E-state index contributed by atoms with van der Waals surface area (Å²) < 4.78 is 1.70. The Morgan fingerprint density at radius 3 is 2.90 bits per heavy atom. The number of likely N-dealkylation sites (tertiary alicyclic amines) is 1. The molecule has 1 saturated heterocycles. The van der Waals surface area contributed by atoms with Gasteiger partial charge < -0.3 is 0 Å². The molecular formula is C15H20N4O. The number of hydrogen-bond acceptors (Lipinski definition) is 3. The van der Waals surface area contributed by atoms with Gasteiger partial charge >= 0.3 is 0 Å². The molecule has 106 valence electrons. The molecular weight excluding hydrogens is 252 g/mol. The molecule has 1 aromatic heterocycles. The number of nitrogens with one attached hydrogen (secondary N) is 1. The minimum Gasteiger partial charge on any atom is -0.294 e. The Balaban J connectivity index is 1.61. The van der Waals surface area contributed by atoms with E-state index in [4.69, 9.17) is 0 Å². The topological polar surface area (TPSA) is 50.2 Å². The van der Waals surface area contributed by atoms with Crippen LogP contribution in [0.3, 0.4) is 0 Å². The van der Waals surface area contributed by atoms with Gasteiger partial charge in [-0.3, -0.25) is 15.1 Å². The summed E-state index contributed by atoms with van der Waals surface area (Å²) in [5.74, 6) is 0.801. The lowest BCUT2D eigenvalue weighted by Crippen LogP contribution is -2.40. The molecule has 0 radical (unpaired) electrons. The van der Waals surface area contributed by atoms with Gasteiger partial charge in [0.2, 0.25) is 0 Å². The molecule has 20 heavy (non-hydrogen) atoms. The average Bonchev–Trinajstić information content (AvgIpc) is 2.85. The Morgan fingerprint density at radius 2 is 2.10 bits per heavy atom. The molecule has 5 nitrogen and oxygen atoms in total. The highest BCUT2D eigenvalue weighted by Crippen LogP contribution is 2.15. The summed E-state index contributed by atoms with van der Waals surface area (Å²) in [5, 5.41) is 0. The van der Waals surface area contributed by atoms with Crippen molar-refractivity contribution >= 4 is 16.9 Å². The third-order valence-electron chi connectivity index (χ3n) is 3.94. The summed E-state index contributed by atoms with van der Waals surface area (Å²) in [7, 11) is 0. The van der Waals surface area contributed by atoms with Gasteiger partial charge in [-0.05, 0) is 44.0 Å². The number of piperidine rings is 1. The zero-order valence-electron chi connectivity index (χ0n) is 11.7. The van der Waals surface area contributed by atoms with Crippen molar-refractivity contribution in [2.75, 3.05) is 25.1 Å². The molecule has 1 aliphatic rings. The standard InChI is InChI=1S/C15H20N4O/c1-12-6-8-18(9-7-12)10-15(20)17-19-11-16-13-4-2-3-5-14(13)19/h2-5,11-12H,6-10H2,1H3,(H,17,20). The summed E-state index contributed by atoms with van der Waals surface area (Å²) in [6, 6.07) is 7.77. The number of amides is 1. The van der Waals surface area contributed by atoms with Gasteiger partial charge in [-0.25, -0.2) is 9.66 Å². The summed E-state index contributed by atoms with van der Waals surface area (Å²) in [6.45, 7) is 4.76. The normalized spacial score (nSPS) is 17.4. The molecule has 0 aliphatic carbocycles. The Hall–Kier alpha value is -1.88. The fourth-order valence-electron chi connectivity index (χ4n) is 2.64. The molecule has 0 unspecified atom stereocenters. The van der Waals surface area contributed by atoms with Gasteiger partial charge in [-0.15, -0.1) is 0 Å². The third kappa shape index (κ3) is 2.82. The molecule has 1 aromatic carbocycles. The second kappa shape index (κ2) is 5.63. The first-order valence-corrected chi connectivity index (χ1v) is 7.16. The van der Waals surface area contributed by atoms with E-state index in [0.717, 1.165) is 30.0 Å². The van der Waals surface area contributed by atoms with E-state index in [2.05, 4.69) is 22.2 Å². The first-order chi connectivity index (χ1) is 9.72. The van der Waals surface area contributed by atoms with Crippen molar-refractivity contribution in [2.45, 2.75) is 19.8 Å². The monoisotopic (exact) mass is 272 g/mol. The van der Waals surface area contributed by atoms with Crippen LogP contribution < -0.4 is 5.43 Å². The van der Waals surface area contributed by atoms with Crippen LogP contribution >= 0.6 is 0 Å². The lowest BCUT2D eigenvalue weighted by Gasteiger charge is -2.29. The predicted octanol–water partition coefficient (Wildman–Crippen LogP) is 1.84. The number of para-hydroxylation sites is 2. The van der Waals surface area contributed by atoms with Crippen LogP contribution in [0, 0.1) is 5.92 Å². The summed E-state index contributed by atoms with van der Waals surface area (Å²) in [4.78, 5) is 18.6.